The van der Waals surface area contributed by atoms with E-state index in [0.717, 1.165) is 11.4 Å². The van der Waals surface area contributed by atoms with Gasteiger partial charge in [0, 0.05) is 12.6 Å². The molecule has 1 aromatic rings. The van der Waals surface area contributed by atoms with Crippen molar-refractivity contribution in [2.24, 2.45) is 7.05 Å². The molecule has 0 aromatic carbocycles. The van der Waals surface area contributed by atoms with Crippen LogP contribution in [0.2, 0.25) is 0 Å². The number of methoxy groups -OCH3 is 1. The molecule has 3 nitrogen and oxygen atoms in total. The first-order valence-electron chi connectivity index (χ1n) is 3.65. The maximum absolute atomic E-state index is 5.15. The molecular weight excluding hydrogens is 140 g/mol. The zero-order valence-corrected chi connectivity index (χ0v) is 7.38. The Bertz CT molecular complexity index is 240. The van der Waals surface area contributed by atoms with Crippen LogP contribution in [0, 0.1) is 6.20 Å². The number of rotatable bonds is 2. The van der Waals surface area contributed by atoms with Crippen molar-refractivity contribution in [3.8, 4) is 5.88 Å². The van der Waals surface area contributed by atoms with Gasteiger partial charge in [-0.15, -0.1) is 0 Å². The Morgan fingerprint density at radius 1 is 1.55 bits per heavy atom. The Morgan fingerprint density at radius 2 is 2.18 bits per heavy atom. The maximum atomic E-state index is 5.15. The van der Waals surface area contributed by atoms with E-state index < -0.39 is 0 Å². The van der Waals surface area contributed by atoms with E-state index in [0.29, 0.717) is 5.92 Å². The van der Waals surface area contributed by atoms with Gasteiger partial charge in [0.1, 0.15) is 6.20 Å². The fraction of sp³-hybridized carbons (Fsp3) is 0.625. The van der Waals surface area contributed by atoms with Gasteiger partial charge in [0.25, 0.3) is 0 Å². The summed E-state index contributed by atoms with van der Waals surface area (Å²) in [5.74, 6) is 1.22. The van der Waals surface area contributed by atoms with Gasteiger partial charge in [0.05, 0.1) is 7.11 Å². The molecule has 0 saturated heterocycles. The minimum atomic E-state index is 0.415. The third kappa shape index (κ3) is 1.37. The lowest BCUT2D eigenvalue weighted by Crippen LogP contribution is -1.97. The predicted octanol–water partition coefficient (Wildman–Crippen LogP) is 1.35. The minimum absolute atomic E-state index is 0.415. The topological polar surface area (TPSA) is 27.1 Å². The van der Waals surface area contributed by atoms with E-state index in [4.69, 9.17) is 4.74 Å². The summed E-state index contributed by atoms with van der Waals surface area (Å²) >= 11 is 0. The number of nitrogens with zero attached hydrogens (tertiary/aromatic N) is 2. The monoisotopic (exact) mass is 153 g/mol. The van der Waals surface area contributed by atoms with Crippen LogP contribution in [0.25, 0.3) is 0 Å². The number of aromatic nitrogens is 2. The Morgan fingerprint density at radius 3 is 2.55 bits per heavy atom. The second-order valence-electron chi connectivity index (χ2n) is 2.81. The average molecular weight is 153 g/mol. The molecule has 0 unspecified atom stereocenters. The van der Waals surface area contributed by atoms with Crippen LogP contribution >= 0.6 is 0 Å². The number of aryl methyl sites for hydroxylation is 1. The summed E-state index contributed by atoms with van der Waals surface area (Å²) in [6, 6.07) is 0. The first kappa shape index (κ1) is 8.11. The lowest BCUT2D eigenvalue weighted by Gasteiger charge is -2.05. The summed E-state index contributed by atoms with van der Waals surface area (Å²) in [7, 11) is 3.50. The SMILES string of the molecule is COc1c(C(C)C)[c]nn1C. The smallest absolute Gasteiger partial charge is 0.215 e. The van der Waals surface area contributed by atoms with E-state index in [2.05, 4.69) is 25.1 Å². The van der Waals surface area contributed by atoms with Crippen molar-refractivity contribution in [1.29, 1.82) is 0 Å². The van der Waals surface area contributed by atoms with Gasteiger partial charge in [-0.05, 0) is 5.92 Å². The van der Waals surface area contributed by atoms with Crippen molar-refractivity contribution in [2.75, 3.05) is 7.11 Å². The van der Waals surface area contributed by atoms with E-state index >= 15 is 0 Å². The normalized spacial score (nSPS) is 10.6. The van der Waals surface area contributed by atoms with Crippen molar-refractivity contribution < 1.29 is 4.74 Å². The van der Waals surface area contributed by atoms with Crippen LogP contribution in [0.15, 0.2) is 0 Å². The van der Waals surface area contributed by atoms with Crippen LogP contribution in [0.1, 0.15) is 25.3 Å². The lowest BCUT2D eigenvalue weighted by molar-refractivity contribution is 0.367. The second kappa shape index (κ2) is 2.95. The Kier molecular flexibility index (Phi) is 2.17. The third-order valence-electron chi connectivity index (χ3n) is 1.62. The average Bonchev–Trinajstić information content (AvgIpc) is 2.30. The number of ether oxygens (including phenoxy) is 1. The van der Waals surface area contributed by atoms with Crippen LogP contribution in [0.3, 0.4) is 0 Å². The fourth-order valence-electron chi connectivity index (χ4n) is 1.01. The molecule has 11 heavy (non-hydrogen) atoms. The highest BCUT2D eigenvalue weighted by atomic mass is 16.5. The van der Waals surface area contributed by atoms with E-state index in [-0.39, 0.29) is 0 Å². The molecule has 0 spiro atoms. The fourth-order valence-corrected chi connectivity index (χ4v) is 1.01. The number of hydrogen-bond acceptors (Lipinski definition) is 2. The molecule has 0 aliphatic rings. The molecule has 0 aliphatic heterocycles. The summed E-state index contributed by atoms with van der Waals surface area (Å²) in [6.07, 6.45) is 2.91. The Hall–Kier alpha value is -0.990. The van der Waals surface area contributed by atoms with Crippen LogP contribution < -0.4 is 4.74 Å². The molecule has 0 bridgehead atoms. The predicted molar refractivity (Wildman–Crippen MR) is 42.7 cm³/mol. The third-order valence-corrected chi connectivity index (χ3v) is 1.62. The van der Waals surface area contributed by atoms with Crippen molar-refractivity contribution in [1.82, 2.24) is 9.78 Å². The van der Waals surface area contributed by atoms with Crippen molar-refractivity contribution in [3.63, 3.8) is 0 Å². The first-order valence-corrected chi connectivity index (χ1v) is 3.65. The van der Waals surface area contributed by atoms with Gasteiger partial charge in [0.2, 0.25) is 5.88 Å². The molecule has 0 aliphatic carbocycles. The van der Waals surface area contributed by atoms with Crippen molar-refractivity contribution in [3.05, 3.63) is 11.8 Å². The Balaban J connectivity index is 3.05. The number of hydrogen-bond donors (Lipinski definition) is 0. The highest BCUT2D eigenvalue weighted by molar-refractivity contribution is 5.25. The molecule has 0 N–H and O–H groups in total. The summed E-state index contributed by atoms with van der Waals surface area (Å²) in [4.78, 5) is 0. The standard InChI is InChI=1S/C8H13N2O/c1-6(2)7-5-9-10(3)8(7)11-4/h6H,1-4H3. The second-order valence-corrected chi connectivity index (χ2v) is 2.81. The molecule has 0 atom stereocenters. The summed E-state index contributed by atoms with van der Waals surface area (Å²) in [6.45, 7) is 4.19. The zero-order chi connectivity index (χ0) is 8.43. The van der Waals surface area contributed by atoms with E-state index in [9.17, 15) is 0 Å². The van der Waals surface area contributed by atoms with E-state index in [1.807, 2.05) is 7.05 Å². The molecule has 0 amide bonds. The lowest BCUT2D eigenvalue weighted by atomic mass is 10.1. The highest BCUT2D eigenvalue weighted by Gasteiger charge is 2.11. The van der Waals surface area contributed by atoms with Crippen molar-refractivity contribution in [2.45, 2.75) is 19.8 Å². The van der Waals surface area contributed by atoms with Gasteiger partial charge in [-0.3, -0.25) is 0 Å². The van der Waals surface area contributed by atoms with Gasteiger partial charge >= 0.3 is 0 Å². The van der Waals surface area contributed by atoms with E-state index in [1.54, 1.807) is 11.8 Å². The van der Waals surface area contributed by atoms with Crippen LogP contribution in [-0.2, 0) is 7.05 Å². The molecule has 61 valence electrons. The van der Waals surface area contributed by atoms with E-state index in [1.165, 1.54) is 0 Å². The molecular formula is C8H13N2O. The highest BCUT2D eigenvalue weighted by Crippen LogP contribution is 2.23. The van der Waals surface area contributed by atoms with Gasteiger partial charge in [0.15, 0.2) is 0 Å². The summed E-state index contributed by atoms with van der Waals surface area (Å²) in [5.41, 5.74) is 1.04. The first-order chi connectivity index (χ1) is 5.16. The Labute approximate surface area is 67.0 Å². The largest absolute Gasteiger partial charge is 0.481 e. The van der Waals surface area contributed by atoms with Crippen LogP contribution in [0.4, 0.5) is 0 Å². The molecule has 0 saturated carbocycles. The van der Waals surface area contributed by atoms with Gasteiger partial charge in [-0.1, -0.05) is 13.8 Å². The zero-order valence-electron chi connectivity index (χ0n) is 7.38. The molecule has 3 heteroatoms. The maximum Gasteiger partial charge on any atom is 0.215 e. The van der Waals surface area contributed by atoms with Crippen molar-refractivity contribution >= 4 is 0 Å². The quantitative estimate of drug-likeness (QED) is 0.641. The van der Waals surface area contributed by atoms with Crippen LogP contribution in [0.5, 0.6) is 5.88 Å². The van der Waals surface area contributed by atoms with Gasteiger partial charge in [-0.25, -0.2) is 4.68 Å². The molecule has 1 aromatic heterocycles. The molecule has 0 fully saturated rings. The van der Waals surface area contributed by atoms with Gasteiger partial charge in [-0.2, -0.15) is 5.10 Å². The molecule has 1 heterocycles. The van der Waals surface area contributed by atoms with Gasteiger partial charge < -0.3 is 4.74 Å². The summed E-state index contributed by atoms with van der Waals surface area (Å²) in [5, 5.41) is 3.98. The molecule has 1 rings (SSSR count). The summed E-state index contributed by atoms with van der Waals surface area (Å²) < 4.78 is 6.84. The van der Waals surface area contributed by atoms with Crippen LogP contribution in [-0.4, -0.2) is 16.9 Å². The molecule has 1 radical (unpaired) electrons. The minimum Gasteiger partial charge on any atom is -0.481 e.